The number of aromatic nitrogens is 1. The van der Waals surface area contributed by atoms with Gasteiger partial charge in [0.2, 0.25) is 0 Å². The van der Waals surface area contributed by atoms with E-state index < -0.39 is 5.97 Å². The lowest BCUT2D eigenvalue weighted by Crippen LogP contribution is -2.49. The number of carbonyl (C=O) groups is 2. The first-order chi connectivity index (χ1) is 16.6. The summed E-state index contributed by atoms with van der Waals surface area (Å²) in [6, 6.07) is 19.7. The van der Waals surface area contributed by atoms with Crippen LogP contribution in [0.5, 0.6) is 5.75 Å². The number of para-hydroxylation sites is 1. The van der Waals surface area contributed by atoms with Gasteiger partial charge in [0, 0.05) is 57.2 Å². The third-order valence-electron chi connectivity index (χ3n) is 5.94. The standard InChI is InChI=1S/C26H28N4O4/c1-34-26(33)22-11-10-21(31)19-24(22)30(25(32)23-9-5-6-12-27-23)18-15-28-13-16-29(17-14-28)20-7-3-2-4-8-20/h2-12,19,31H,13-18H2,1H3. The van der Waals surface area contributed by atoms with Crippen LogP contribution in [0.1, 0.15) is 20.8 Å². The highest BCUT2D eigenvalue weighted by molar-refractivity contribution is 6.08. The van der Waals surface area contributed by atoms with Crippen molar-refractivity contribution in [2.24, 2.45) is 0 Å². The Morgan fingerprint density at radius 2 is 1.74 bits per heavy atom. The first-order valence-corrected chi connectivity index (χ1v) is 11.2. The van der Waals surface area contributed by atoms with E-state index in [4.69, 9.17) is 4.74 Å². The second-order valence-electron chi connectivity index (χ2n) is 8.03. The summed E-state index contributed by atoms with van der Waals surface area (Å²) in [7, 11) is 1.29. The molecule has 1 fully saturated rings. The Kier molecular flexibility index (Phi) is 7.39. The lowest BCUT2D eigenvalue weighted by molar-refractivity contribution is 0.0601. The van der Waals surface area contributed by atoms with Gasteiger partial charge in [-0.3, -0.25) is 14.7 Å². The smallest absolute Gasteiger partial charge is 0.339 e. The molecule has 2 aromatic carbocycles. The van der Waals surface area contributed by atoms with Gasteiger partial charge in [0.05, 0.1) is 18.4 Å². The number of ether oxygens (including phenoxy) is 1. The molecular formula is C26H28N4O4. The number of hydrogen-bond acceptors (Lipinski definition) is 7. The number of anilines is 2. The minimum absolute atomic E-state index is 0.0436. The van der Waals surface area contributed by atoms with Crippen LogP contribution in [0.25, 0.3) is 0 Å². The molecule has 34 heavy (non-hydrogen) atoms. The van der Waals surface area contributed by atoms with Crippen LogP contribution in [0.2, 0.25) is 0 Å². The molecule has 8 nitrogen and oxygen atoms in total. The van der Waals surface area contributed by atoms with E-state index in [1.165, 1.54) is 35.9 Å². The number of piperazine rings is 1. The van der Waals surface area contributed by atoms with Crippen LogP contribution in [0.4, 0.5) is 11.4 Å². The Balaban J connectivity index is 1.53. The van der Waals surface area contributed by atoms with Gasteiger partial charge in [-0.25, -0.2) is 4.79 Å². The van der Waals surface area contributed by atoms with Gasteiger partial charge in [0.15, 0.2) is 0 Å². The van der Waals surface area contributed by atoms with Gasteiger partial charge < -0.3 is 19.6 Å². The molecule has 1 aliphatic heterocycles. The molecule has 0 aliphatic carbocycles. The quantitative estimate of drug-likeness (QED) is 0.543. The Hall–Kier alpha value is -3.91. The molecule has 1 aliphatic rings. The van der Waals surface area contributed by atoms with E-state index in [9.17, 15) is 14.7 Å². The lowest BCUT2D eigenvalue weighted by atomic mass is 10.1. The molecule has 0 unspecified atom stereocenters. The maximum absolute atomic E-state index is 13.4. The first-order valence-electron chi connectivity index (χ1n) is 11.2. The summed E-state index contributed by atoms with van der Waals surface area (Å²) in [5.74, 6) is -0.970. The zero-order chi connectivity index (χ0) is 23.9. The van der Waals surface area contributed by atoms with Crippen LogP contribution in [-0.2, 0) is 4.74 Å². The van der Waals surface area contributed by atoms with Crippen molar-refractivity contribution < 1.29 is 19.4 Å². The van der Waals surface area contributed by atoms with Crippen molar-refractivity contribution in [2.45, 2.75) is 0 Å². The molecule has 0 spiro atoms. The highest BCUT2D eigenvalue weighted by Gasteiger charge is 2.26. The lowest BCUT2D eigenvalue weighted by Gasteiger charge is -2.37. The van der Waals surface area contributed by atoms with Gasteiger partial charge in [0.1, 0.15) is 11.4 Å². The van der Waals surface area contributed by atoms with Gasteiger partial charge in [-0.2, -0.15) is 0 Å². The maximum Gasteiger partial charge on any atom is 0.339 e. The van der Waals surface area contributed by atoms with E-state index in [2.05, 4.69) is 26.9 Å². The summed E-state index contributed by atoms with van der Waals surface area (Å²) in [5.41, 5.74) is 1.97. The number of benzene rings is 2. The Bertz CT molecular complexity index is 1120. The number of amides is 1. The number of rotatable bonds is 7. The summed E-state index contributed by atoms with van der Waals surface area (Å²) in [6.07, 6.45) is 1.55. The van der Waals surface area contributed by atoms with Gasteiger partial charge in [-0.05, 0) is 36.4 Å². The summed E-state index contributed by atoms with van der Waals surface area (Å²) in [5, 5.41) is 10.1. The first kappa shape index (κ1) is 23.3. The molecule has 0 bridgehead atoms. The minimum Gasteiger partial charge on any atom is -0.508 e. The number of nitrogens with zero attached hydrogens (tertiary/aromatic N) is 4. The number of phenols is 1. The highest BCUT2D eigenvalue weighted by atomic mass is 16.5. The molecule has 176 valence electrons. The Labute approximate surface area is 199 Å². The number of esters is 1. The predicted molar refractivity (Wildman–Crippen MR) is 130 cm³/mol. The molecule has 4 rings (SSSR count). The second-order valence-corrected chi connectivity index (χ2v) is 8.03. The number of aromatic hydroxyl groups is 1. The van der Waals surface area contributed by atoms with E-state index in [0.29, 0.717) is 18.8 Å². The SMILES string of the molecule is COC(=O)c1ccc(O)cc1N(CCN1CCN(c2ccccc2)CC1)C(=O)c1ccccn1. The van der Waals surface area contributed by atoms with Crippen molar-refractivity contribution in [1.82, 2.24) is 9.88 Å². The second kappa shape index (κ2) is 10.8. The molecule has 1 aromatic heterocycles. The van der Waals surface area contributed by atoms with Gasteiger partial charge >= 0.3 is 5.97 Å². The molecule has 0 atom stereocenters. The molecule has 2 heterocycles. The fourth-order valence-electron chi connectivity index (χ4n) is 4.09. The normalized spacial score (nSPS) is 14.0. The van der Waals surface area contributed by atoms with Crippen LogP contribution < -0.4 is 9.80 Å². The van der Waals surface area contributed by atoms with Crippen LogP contribution in [0.15, 0.2) is 72.9 Å². The fraction of sp³-hybridized carbons (Fsp3) is 0.269. The van der Waals surface area contributed by atoms with Crippen LogP contribution in [0.3, 0.4) is 0 Å². The largest absolute Gasteiger partial charge is 0.508 e. The summed E-state index contributed by atoms with van der Waals surface area (Å²) >= 11 is 0. The number of hydrogen-bond donors (Lipinski definition) is 1. The van der Waals surface area contributed by atoms with Gasteiger partial charge in [-0.1, -0.05) is 24.3 Å². The van der Waals surface area contributed by atoms with Crippen molar-refractivity contribution in [3.05, 3.63) is 84.2 Å². The third kappa shape index (κ3) is 5.35. The number of pyridine rings is 1. The van der Waals surface area contributed by atoms with Crippen molar-refractivity contribution in [3.8, 4) is 5.75 Å². The van der Waals surface area contributed by atoms with Gasteiger partial charge in [0.25, 0.3) is 5.91 Å². The summed E-state index contributed by atoms with van der Waals surface area (Å²) < 4.78 is 4.91. The highest BCUT2D eigenvalue weighted by Crippen LogP contribution is 2.28. The fourth-order valence-corrected chi connectivity index (χ4v) is 4.09. The summed E-state index contributed by atoms with van der Waals surface area (Å²) in [4.78, 5) is 36.2. The molecule has 1 N–H and O–H groups in total. The van der Waals surface area contributed by atoms with E-state index in [1.54, 1.807) is 24.4 Å². The van der Waals surface area contributed by atoms with Crippen molar-refractivity contribution in [3.63, 3.8) is 0 Å². The predicted octanol–water partition coefficient (Wildman–Crippen LogP) is 3.04. The molecule has 0 saturated carbocycles. The molecule has 1 saturated heterocycles. The van der Waals surface area contributed by atoms with Crippen molar-refractivity contribution in [1.29, 1.82) is 0 Å². The Morgan fingerprint density at radius 1 is 1.00 bits per heavy atom. The number of methoxy groups -OCH3 is 1. The van der Waals surface area contributed by atoms with Crippen LogP contribution in [0, 0.1) is 0 Å². The molecule has 8 heteroatoms. The third-order valence-corrected chi connectivity index (χ3v) is 5.94. The van der Waals surface area contributed by atoms with E-state index in [0.717, 1.165) is 26.2 Å². The zero-order valence-corrected chi connectivity index (χ0v) is 19.1. The molecule has 1 amide bonds. The van der Waals surface area contributed by atoms with Gasteiger partial charge in [-0.15, -0.1) is 0 Å². The minimum atomic E-state index is -0.578. The molecular weight excluding hydrogens is 432 g/mol. The average Bonchev–Trinajstić information content (AvgIpc) is 2.89. The van der Waals surface area contributed by atoms with E-state index in [-0.39, 0.29) is 22.9 Å². The van der Waals surface area contributed by atoms with E-state index in [1.807, 2.05) is 18.2 Å². The topological polar surface area (TPSA) is 86.2 Å². The van der Waals surface area contributed by atoms with Crippen LogP contribution in [-0.4, -0.2) is 73.2 Å². The van der Waals surface area contributed by atoms with Crippen molar-refractivity contribution in [2.75, 3.05) is 56.2 Å². The summed E-state index contributed by atoms with van der Waals surface area (Å²) in [6.45, 7) is 4.41. The molecule has 3 aromatic rings. The number of carbonyl (C=O) groups excluding carboxylic acids is 2. The molecule has 0 radical (unpaired) electrons. The number of phenolic OH excluding ortho intramolecular Hbond substituents is 1. The average molecular weight is 461 g/mol. The van der Waals surface area contributed by atoms with Crippen LogP contribution >= 0.6 is 0 Å². The monoisotopic (exact) mass is 460 g/mol. The zero-order valence-electron chi connectivity index (χ0n) is 19.1. The van der Waals surface area contributed by atoms with Crippen molar-refractivity contribution >= 4 is 23.3 Å². The van der Waals surface area contributed by atoms with E-state index >= 15 is 0 Å². The Morgan fingerprint density at radius 3 is 2.41 bits per heavy atom. The maximum atomic E-state index is 13.4.